The summed E-state index contributed by atoms with van der Waals surface area (Å²) in [6.07, 6.45) is 3.36. The summed E-state index contributed by atoms with van der Waals surface area (Å²) >= 11 is 0. The number of hydrogen-bond donors (Lipinski definition) is 2. The molecule has 1 fully saturated rings. The Labute approximate surface area is 205 Å². The monoisotopic (exact) mass is 494 g/mol. The van der Waals surface area contributed by atoms with Crippen LogP contribution in [0, 0.1) is 5.92 Å². The molecule has 1 aliphatic rings. The van der Waals surface area contributed by atoms with Gasteiger partial charge in [0, 0.05) is 36.1 Å². The highest BCUT2D eigenvalue weighted by molar-refractivity contribution is 6.11. The first-order valence-electron chi connectivity index (χ1n) is 11.7. The van der Waals surface area contributed by atoms with Crippen molar-refractivity contribution in [2.45, 2.75) is 32.5 Å². The zero-order valence-corrected chi connectivity index (χ0v) is 19.6. The second-order valence-corrected chi connectivity index (χ2v) is 9.29. The number of halogens is 3. The third-order valence-electron chi connectivity index (χ3n) is 6.51. The lowest BCUT2D eigenvalue weighted by Crippen LogP contribution is -2.32. The molecule has 186 valence electrons. The van der Waals surface area contributed by atoms with Crippen molar-refractivity contribution in [1.82, 2.24) is 25.1 Å². The van der Waals surface area contributed by atoms with Gasteiger partial charge in [-0.05, 0) is 67.2 Å². The molecule has 4 aromatic rings. The van der Waals surface area contributed by atoms with E-state index >= 15 is 0 Å². The molecular formula is C26H25F3N6O. The Kier molecular flexibility index (Phi) is 6.44. The summed E-state index contributed by atoms with van der Waals surface area (Å²) in [6.45, 7) is 5.27. The number of likely N-dealkylation sites (tertiary alicyclic amines) is 1. The fourth-order valence-corrected chi connectivity index (χ4v) is 4.43. The van der Waals surface area contributed by atoms with Crippen molar-refractivity contribution < 1.29 is 18.0 Å². The molecule has 0 unspecified atom stereocenters. The Morgan fingerprint density at radius 2 is 1.83 bits per heavy atom. The lowest BCUT2D eigenvalue weighted by atomic mass is 9.98. The number of anilines is 1. The van der Waals surface area contributed by atoms with E-state index < -0.39 is 17.6 Å². The summed E-state index contributed by atoms with van der Waals surface area (Å²) in [6, 6.07) is 8.51. The summed E-state index contributed by atoms with van der Waals surface area (Å²) in [4.78, 5) is 23.3. The Morgan fingerprint density at radius 1 is 1.06 bits per heavy atom. The van der Waals surface area contributed by atoms with E-state index in [4.69, 9.17) is 0 Å². The topological polar surface area (TPSA) is 86.8 Å². The number of nitrogens with one attached hydrogen (secondary N) is 2. The number of hydrogen-bond acceptors (Lipinski definition) is 5. The molecule has 10 heteroatoms. The molecule has 0 spiro atoms. The van der Waals surface area contributed by atoms with Gasteiger partial charge in [0.2, 0.25) is 0 Å². The van der Waals surface area contributed by atoms with Crippen LogP contribution in [-0.2, 0) is 12.7 Å². The molecular weight excluding hydrogens is 469 g/mol. The molecule has 36 heavy (non-hydrogen) atoms. The first-order valence-corrected chi connectivity index (χ1v) is 11.7. The first-order chi connectivity index (χ1) is 17.3. The van der Waals surface area contributed by atoms with E-state index in [1.807, 2.05) is 24.4 Å². The number of amides is 1. The van der Waals surface area contributed by atoms with Crippen LogP contribution in [-0.4, -0.2) is 44.1 Å². The number of fused-ring (bicyclic) bond motifs is 1. The number of benzene rings is 1. The number of carbonyl (C=O) groups excluding carboxylic acids is 1. The molecule has 1 aliphatic heterocycles. The number of carbonyl (C=O) groups is 1. The quantitative estimate of drug-likeness (QED) is 0.381. The highest BCUT2D eigenvalue weighted by Crippen LogP contribution is 2.31. The molecule has 3 aromatic heterocycles. The van der Waals surface area contributed by atoms with Crippen LogP contribution in [0.4, 0.5) is 18.9 Å². The number of aromatic nitrogens is 4. The second kappa shape index (κ2) is 9.69. The van der Waals surface area contributed by atoms with Gasteiger partial charge in [-0.3, -0.25) is 24.8 Å². The van der Waals surface area contributed by atoms with Gasteiger partial charge in [-0.15, -0.1) is 0 Å². The molecule has 4 heterocycles. The van der Waals surface area contributed by atoms with Crippen LogP contribution >= 0.6 is 0 Å². The van der Waals surface area contributed by atoms with Crippen LogP contribution in [0.25, 0.3) is 22.0 Å². The van der Waals surface area contributed by atoms with Crippen molar-refractivity contribution in [3.05, 3.63) is 71.9 Å². The van der Waals surface area contributed by atoms with Gasteiger partial charge in [-0.2, -0.15) is 18.3 Å². The highest BCUT2D eigenvalue weighted by atomic mass is 19.4. The van der Waals surface area contributed by atoms with Crippen LogP contribution < -0.4 is 5.32 Å². The lowest BCUT2D eigenvalue weighted by Gasteiger charge is -2.30. The smallest absolute Gasteiger partial charge is 0.319 e. The van der Waals surface area contributed by atoms with Gasteiger partial charge < -0.3 is 5.32 Å². The minimum atomic E-state index is -4.56. The predicted octanol–water partition coefficient (Wildman–Crippen LogP) is 5.52. The third-order valence-corrected chi connectivity index (χ3v) is 6.51. The van der Waals surface area contributed by atoms with Crippen molar-refractivity contribution in [3.63, 3.8) is 0 Å². The maximum atomic E-state index is 13.0. The van der Waals surface area contributed by atoms with Crippen LogP contribution in [0.2, 0.25) is 0 Å². The zero-order valence-electron chi connectivity index (χ0n) is 19.6. The van der Waals surface area contributed by atoms with Gasteiger partial charge in [-0.1, -0.05) is 13.0 Å². The van der Waals surface area contributed by atoms with E-state index in [0.29, 0.717) is 17.1 Å². The van der Waals surface area contributed by atoms with E-state index in [1.165, 1.54) is 12.8 Å². The standard InChI is InChI=1S/C26H25F3N6O/c1-16-4-6-35(7-5-16)15-17-8-19(12-30-11-17)18-2-3-23-22(9-18)24(34-33-23)25(36)32-21-10-20(13-31-14-21)26(27,28)29/h2-3,8-14,16H,4-7,15H2,1H3,(H,32,36)(H,33,34). The van der Waals surface area contributed by atoms with Crippen molar-refractivity contribution in [2.24, 2.45) is 5.92 Å². The summed E-state index contributed by atoms with van der Waals surface area (Å²) < 4.78 is 39.0. The molecule has 1 aromatic carbocycles. The second-order valence-electron chi connectivity index (χ2n) is 9.29. The number of pyridine rings is 2. The van der Waals surface area contributed by atoms with Crippen LogP contribution in [0.15, 0.2) is 55.1 Å². The number of alkyl halides is 3. The third kappa shape index (κ3) is 5.23. The van der Waals surface area contributed by atoms with Crippen LogP contribution in [0.3, 0.4) is 0 Å². The minimum absolute atomic E-state index is 0.0638. The molecule has 1 amide bonds. The molecule has 0 atom stereocenters. The molecule has 0 saturated carbocycles. The van der Waals surface area contributed by atoms with E-state index in [0.717, 1.165) is 54.5 Å². The number of nitrogens with zero attached hydrogens (tertiary/aromatic N) is 4. The average Bonchev–Trinajstić information content (AvgIpc) is 3.29. The van der Waals surface area contributed by atoms with E-state index in [1.54, 1.807) is 6.20 Å². The Morgan fingerprint density at radius 3 is 2.61 bits per heavy atom. The van der Waals surface area contributed by atoms with E-state index in [9.17, 15) is 18.0 Å². The maximum Gasteiger partial charge on any atom is 0.417 e. The van der Waals surface area contributed by atoms with Crippen molar-refractivity contribution in [1.29, 1.82) is 0 Å². The fraction of sp³-hybridized carbons (Fsp3) is 0.308. The highest BCUT2D eigenvalue weighted by Gasteiger charge is 2.31. The van der Waals surface area contributed by atoms with Gasteiger partial charge in [0.15, 0.2) is 5.69 Å². The molecule has 1 saturated heterocycles. The minimum Gasteiger partial charge on any atom is -0.319 e. The number of H-pyrrole nitrogens is 1. The summed E-state index contributed by atoms with van der Waals surface area (Å²) in [5.74, 6) is 0.134. The number of aromatic amines is 1. The SMILES string of the molecule is CC1CCN(Cc2cncc(-c3ccc4[nH]nc(C(=O)Nc5cncc(C(F)(F)F)c5)c4c3)c2)CC1. The zero-order chi connectivity index (χ0) is 25.3. The van der Waals surface area contributed by atoms with E-state index in [2.05, 4.69) is 43.4 Å². The first kappa shape index (κ1) is 23.9. The van der Waals surface area contributed by atoms with Gasteiger partial charge >= 0.3 is 6.18 Å². The van der Waals surface area contributed by atoms with Gasteiger partial charge in [0.05, 0.1) is 23.0 Å². The molecule has 0 radical (unpaired) electrons. The molecule has 0 aliphatic carbocycles. The molecule has 2 N–H and O–H groups in total. The van der Waals surface area contributed by atoms with Crippen molar-refractivity contribution in [3.8, 4) is 11.1 Å². The van der Waals surface area contributed by atoms with Crippen molar-refractivity contribution in [2.75, 3.05) is 18.4 Å². The summed E-state index contributed by atoms with van der Waals surface area (Å²) in [7, 11) is 0. The summed E-state index contributed by atoms with van der Waals surface area (Å²) in [5, 5.41) is 9.93. The van der Waals surface area contributed by atoms with E-state index in [-0.39, 0.29) is 11.4 Å². The average molecular weight is 495 g/mol. The normalized spacial score (nSPS) is 15.3. The van der Waals surface area contributed by atoms with Crippen molar-refractivity contribution >= 4 is 22.5 Å². The molecule has 5 rings (SSSR count). The van der Waals surface area contributed by atoms with Crippen LogP contribution in [0.1, 0.15) is 41.4 Å². The Balaban J connectivity index is 1.37. The molecule has 0 bridgehead atoms. The predicted molar refractivity (Wildman–Crippen MR) is 130 cm³/mol. The lowest BCUT2D eigenvalue weighted by molar-refractivity contribution is -0.137. The largest absolute Gasteiger partial charge is 0.417 e. The Bertz CT molecular complexity index is 1390. The van der Waals surface area contributed by atoms with Gasteiger partial charge in [0.1, 0.15) is 0 Å². The van der Waals surface area contributed by atoms with Gasteiger partial charge in [-0.25, -0.2) is 0 Å². The van der Waals surface area contributed by atoms with Gasteiger partial charge in [0.25, 0.3) is 5.91 Å². The number of rotatable bonds is 5. The Hall–Kier alpha value is -3.79. The maximum absolute atomic E-state index is 13.0. The summed E-state index contributed by atoms with van der Waals surface area (Å²) in [5.41, 5.74) is 2.60. The number of piperidine rings is 1. The fourth-order valence-electron chi connectivity index (χ4n) is 4.43. The van der Waals surface area contributed by atoms with Crippen LogP contribution in [0.5, 0.6) is 0 Å². The molecule has 7 nitrogen and oxygen atoms in total.